The van der Waals surface area contributed by atoms with Crippen molar-refractivity contribution in [2.45, 2.75) is 0 Å². The third-order valence-electron chi connectivity index (χ3n) is 2.17. The molecule has 0 amide bonds. The Labute approximate surface area is 82.0 Å². The Morgan fingerprint density at radius 3 is 2.43 bits per heavy atom. The Kier molecular flexibility index (Phi) is 1.89. The van der Waals surface area contributed by atoms with Crippen LogP contribution in [0.5, 0.6) is 0 Å². The summed E-state index contributed by atoms with van der Waals surface area (Å²) in [7, 11) is 0. The second kappa shape index (κ2) is 3.20. The zero-order chi connectivity index (χ0) is 9.97. The predicted molar refractivity (Wildman–Crippen MR) is 53.6 cm³/mol. The van der Waals surface area contributed by atoms with Crippen LogP contribution in [0.15, 0.2) is 35.9 Å². The lowest BCUT2D eigenvalue weighted by Crippen LogP contribution is -1.84. The Bertz CT molecular complexity index is 506. The first-order valence-electron chi connectivity index (χ1n) is 4.19. The normalized spacial score (nSPS) is 11.7. The highest BCUT2D eigenvalue weighted by Crippen LogP contribution is 2.30. The zero-order valence-corrected chi connectivity index (χ0v) is 7.36. The topological polar surface area (TPSA) is 47.6 Å². The highest BCUT2D eigenvalue weighted by Gasteiger charge is 2.13. The molecule has 0 N–H and O–H groups in total. The molecular formula is C12H6N2. The molecule has 1 aromatic carbocycles. The van der Waals surface area contributed by atoms with E-state index in [2.05, 4.69) is 0 Å². The van der Waals surface area contributed by atoms with Crippen LogP contribution in [0.1, 0.15) is 11.1 Å². The van der Waals surface area contributed by atoms with Crippen molar-refractivity contribution >= 4 is 11.6 Å². The first-order chi connectivity index (χ1) is 6.86. The van der Waals surface area contributed by atoms with Gasteiger partial charge in [-0.2, -0.15) is 10.5 Å². The summed E-state index contributed by atoms with van der Waals surface area (Å²) in [6.07, 6.45) is 3.73. The lowest BCUT2D eigenvalue weighted by Gasteiger charge is -1.99. The second-order valence-corrected chi connectivity index (χ2v) is 2.93. The van der Waals surface area contributed by atoms with Crippen molar-refractivity contribution in [1.82, 2.24) is 0 Å². The highest BCUT2D eigenvalue weighted by molar-refractivity contribution is 5.93. The molecule has 0 aliphatic heterocycles. The van der Waals surface area contributed by atoms with E-state index in [9.17, 15) is 0 Å². The Balaban J connectivity index is 2.68. The molecule has 14 heavy (non-hydrogen) atoms. The van der Waals surface area contributed by atoms with E-state index in [-0.39, 0.29) is 5.57 Å². The van der Waals surface area contributed by atoms with E-state index in [1.807, 2.05) is 48.6 Å². The molecule has 0 radical (unpaired) electrons. The average molecular weight is 178 g/mol. The maximum atomic E-state index is 8.75. The number of nitrogens with zero attached hydrogens (tertiary/aromatic N) is 2. The molecule has 0 aromatic heterocycles. The van der Waals surface area contributed by atoms with Gasteiger partial charge in [0, 0.05) is 5.57 Å². The van der Waals surface area contributed by atoms with Crippen LogP contribution in [0.25, 0.3) is 11.6 Å². The summed E-state index contributed by atoms with van der Waals surface area (Å²) in [6, 6.07) is 11.5. The maximum absolute atomic E-state index is 8.75. The number of allylic oxidation sites excluding steroid dienone is 3. The van der Waals surface area contributed by atoms with Gasteiger partial charge in [0.15, 0.2) is 0 Å². The van der Waals surface area contributed by atoms with Gasteiger partial charge in [-0.3, -0.25) is 0 Å². The van der Waals surface area contributed by atoms with Gasteiger partial charge in [0.1, 0.15) is 17.7 Å². The molecule has 0 fully saturated rings. The van der Waals surface area contributed by atoms with Gasteiger partial charge in [-0.1, -0.05) is 36.4 Å². The molecule has 2 nitrogen and oxygen atoms in total. The maximum Gasteiger partial charge on any atom is 0.137 e. The monoisotopic (exact) mass is 178 g/mol. The summed E-state index contributed by atoms with van der Waals surface area (Å²) < 4.78 is 0. The minimum absolute atomic E-state index is 0.172. The standard InChI is InChI=1S/C12H6N2/c13-7-10(8-14)12-6-5-9-3-1-2-4-11(9)12/h1-6H. The SMILES string of the molecule is N#CC(C#N)=C1C=Cc2ccccc21. The smallest absolute Gasteiger partial charge is 0.137 e. The van der Waals surface area contributed by atoms with Gasteiger partial charge in [0.2, 0.25) is 0 Å². The van der Waals surface area contributed by atoms with Crippen LogP contribution < -0.4 is 0 Å². The Morgan fingerprint density at radius 1 is 1.00 bits per heavy atom. The van der Waals surface area contributed by atoms with Gasteiger partial charge in [-0.05, 0) is 11.1 Å². The van der Waals surface area contributed by atoms with Crippen LogP contribution in [0, 0.1) is 22.7 Å². The third kappa shape index (κ3) is 1.11. The lowest BCUT2D eigenvalue weighted by atomic mass is 10.0. The van der Waals surface area contributed by atoms with Crippen LogP contribution >= 0.6 is 0 Å². The van der Waals surface area contributed by atoms with Gasteiger partial charge in [0.05, 0.1) is 0 Å². The van der Waals surface area contributed by atoms with Crippen molar-refractivity contribution < 1.29 is 0 Å². The summed E-state index contributed by atoms with van der Waals surface area (Å²) in [4.78, 5) is 0. The molecule has 64 valence electrons. The van der Waals surface area contributed by atoms with Crippen molar-refractivity contribution in [3.05, 3.63) is 47.0 Å². The lowest BCUT2D eigenvalue weighted by molar-refractivity contribution is 1.46. The first kappa shape index (κ1) is 8.29. The predicted octanol–water partition coefficient (Wildman–Crippen LogP) is 2.51. The number of fused-ring (bicyclic) bond motifs is 1. The van der Waals surface area contributed by atoms with Crippen molar-refractivity contribution in [3.63, 3.8) is 0 Å². The van der Waals surface area contributed by atoms with Crippen molar-refractivity contribution in [2.75, 3.05) is 0 Å². The van der Waals surface area contributed by atoms with E-state index < -0.39 is 0 Å². The van der Waals surface area contributed by atoms with E-state index in [0.29, 0.717) is 0 Å². The van der Waals surface area contributed by atoms with Crippen LogP contribution in [0.2, 0.25) is 0 Å². The fraction of sp³-hybridized carbons (Fsp3) is 0. The Hall–Kier alpha value is -2.32. The number of rotatable bonds is 0. The molecule has 0 unspecified atom stereocenters. The van der Waals surface area contributed by atoms with Crippen LogP contribution in [-0.4, -0.2) is 0 Å². The molecular weight excluding hydrogens is 172 g/mol. The van der Waals surface area contributed by atoms with Crippen molar-refractivity contribution in [2.24, 2.45) is 0 Å². The van der Waals surface area contributed by atoms with Crippen molar-refractivity contribution in [1.29, 1.82) is 10.5 Å². The van der Waals surface area contributed by atoms with E-state index in [1.54, 1.807) is 0 Å². The summed E-state index contributed by atoms with van der Waals surface area (Å²) in [5.74, 6) is 0. The fourth-order valence-electron chi connectivity index (χ4n) is 1.51. The molecule has 0 saturated heterocycles. The summed E-state index contributed by atoms with van der Waals surface area (Å²) in [5.41, 5.74) is 2.92. The molecule has 0 spiro atoms. The minimum atomic E-state index is 0.172. The molecule has 1 aliphatic carbocycles. The molecule has 0 saturated carbocycles. The number of hydrogen-bond donors (Lipinski definition) is 0. The van der Waals surface area contributed by atoms with Crippen LogP contribution in [0.4, 0.5) is 0 Å². The van der Waals surface area contributed by atoms with E-state index in [4.69, 9.17) is 10.5 Å². The average Bonchev–Trinajstić information content (AvgIpc) is 2.65. The summed E-state index contributed by atoms with van der Waals surface area (Å²) >= 11 is 0. The number of benzene rings is 1. The number of hydrogen-bond acceptors (Lipinski definition) is 2. The Morgan fingerprint density at radius 2 is 1.71 bits per heavy atom. The van der Waals surface area contributed by atoms with Gasteiger partial charge in [-0.15, -0.1) is 0 Å². The third-order valence-corrected chi connectivity index (χ3v) is 2.17. The number of nitriles is 2. The largest absolute Gasteiger partial charge is 0.192 e. The zero-order valence-electron chi connectivity index (χ0n) is 7.36. The van der Waals surface area contributed by atoms with Gasteiger partial charge >= 0.3 is 0 Å². The summed E-state index contributed by atoms with van der Waals surface area (Å²) in [5, 5.41) is 17.5. The molecule has 2 rings (SSSR count). The molecule has 1 aliphatic rings. The van der Waals surface area contributed by atoms with E-state index >= 15 is 0 Å². The molecule has 0 bridgehead atoms. The summed E-state index contributed by atoms with van der Waals surface area (Å²) in [6.45, 7) is 0. The minimum Gasteiger partial charge on any atom is -0.192 e. The fourth-order valence-corrected chi connectivity index (χ4v) is 1.51. The van der Waals surface area contributed by atoms with Gasteiger partial charge in [-0.25, -0.2) is 0 Å². The van der Waals surface area contributed by atoms with Gasteiger partial charge < -0.3 is 0 Å². The van der Waals surface area contributed by atoms with Crippen LogP contribution in [-0.2, 0) is 0 Å². The molecule has 0 atom stereocenters. The molecule has 2 heteroatoms. The van der Waals surface area contributed by atoms with E-state index in [0.717, 1.165) is 16.7 Å². The molecule has 1 aromatic rings. The van der Waals surface area contributed by atoms with Crippen molar-refractivity contribution in [3.8, 4) is 12.1 Å². The first-order valence-corrected chi connectivity index (χ1v) is 4.19. The molecule has 0 heterocycles. The quantitative estimate of drug-likeness (QED) is 0.573. The van der Waals surface area contributed by atoms with E-state index in [1.165, 1.54) is 0 Å². The van der Waals surface area contributed by atoms with Crippen LogP contribution in [0.3, 0.4) is 0 Å². The second-order valence-electron chi connectivity index (χ2n) is 2.93. The van der Waals surface area contributed by atoms with Gasteiger partial charge in [0.25, 0.3) is 0 Å². The highest BCUT2D eigenvalue weighted by atomic mass is 14.3.